The Morgan fingerprint density at radius 1 is 0.625 bits per heavy atom. The topological polar surface area (TPSA) is 27.7 Å². The molecule has 16 heavy (non-hydrogen) atoms. The summed E-state index contributed by atoms with van der Waals surface area (Å²) in [5.74, 6) is 0. The van der Waals surface area contributed by atoms with Gasteiger partial charge in [-0.15, -0.1) is 0 Å². The molecule has 0 unspecified atom stereocenters. The Kier molecular flexibility index (Phi) is 10.9. The second kappa shape index (κ2) is 11.8. The average molecular weight is 416 g/mol. The van der Waals surface area contributed by atoms with E-state index >= 15 is 0 Å². The van der Waals surface area contributed by atoms with Gasteiger partial charge < -0.3 is 0 Å². The van der Waals surface area contributed by atoms with Crippen molar-refractivity contribution >= 4 is 23.1 Å². The van der Waals surface area contributed by atoms with E-state index in [1.54, 1.807) is 36.5 Å². The summed E-state index contributed by atoms with van der Waals surface area (Å²) >= 11 is -2.87. The van der Waals surface area contributed by atoms with Gasteiger partial charge in [-0.05, 0) is 0 Å². The molecule has 0 radical (unpaired) electrons. The van der Waals surface area contributed by atoms with Crippen molar-refractivity contribution in [1.29, 1.82) is 0 Å². The second-order valence-corrected chi connectivity index (χ2v) is 6.43. The summed E-state index contributed by atoms with van der Waals surface area (Å²) < 4.78 is 15.9. The van der Waals surface area contributed by atoms with Gasteiger partial charge in [0.25, 0.3) is 0 Å². The molecule has 0 aliphatic heterocycles. The fraction of sp³-hybridized carbons (Fsp3) is 0. The van der Waals surface area contributed by atoms with Crippen molar-refractivity contribution in [3.8, 4) is 0 Å². The zero-order valence-corrected chi connectivity index (χ0v) is 12.5. The Balaban J connectivity index is 4.13. The van der Waals surface area contributed by atoms with Gasteiger partial charge in [0.1, 0.15) is 0 Å². The number of allylic oxidation sites excluding steroid dienone is 6. The van der Waals surface area contributed by atoms with Crippen LogP contribution in [0, 0.1) is 0 Å². The SMILES string of the molecule is C=CC=C[O][Bi]([O]C=CC=C)[O]C=CC=C. The number of hydrogen-bond donors (Lipinski definition) is 0. The summed E-state index contributed by atoms with van der Waals surface area (Å²) in [4.78, 5) is 0. The van der Waals surface area contributed by atoms with Gasteiger partial charge in [0.15, 0.2) is 0 Å². The normalized spacial score (nSPS) is 11.1. The van der Waals surface area contributed by atoms with Crippen LogP contribution in [0.15, 0.2) is 75.0 Å². The van der Waals surface area contributed by atoms with Crippen LogP contribution in [0.4, 0.5) is 0 Å². The fourth-order valence-electron chi connectivity index (χ4n) is 0.496. The van der Waals surface area contributed by atoms with E-state index in [1.807, 2.05) is 0 Å². The van der Waals surface area contributed by atoms with Crippen LogP contribution in [0.25, 0.3) is 0 Å². The van der Waals surface area contributed by atoms with Crippen LogP contribution < -0.4 is 0 Å². The van der Waals surface area contributed by atoms with Crippen LogP contribution >= 0.6 is 0 Å². The number of rotatable bonds is 9. The van der Waals surface area contributed by atoms with E-state index in [1.165, 1.54) is 18.8 Å². The first-order chi connectivity index (χ1) is 7.85. The molecule has 4 heteroatoms. The van der Waals surface area contributed by atoms with Crippen LogP contribution in [0.1, 0.15) is 0 Å². The van der Waals surface area contributed by atoms with E-state index in [2.05, 4.69) is 19.7 Å². The molecule has 0 saturated carbocycles. The molecule has 0 spiro atoms. The molecule has 0 atom stereocenters. The molecular weight excluding hydrogens is 401 g/mol. The van der Waals surface area contributed by atoms with Gasteiger partial charge in [0.2, 0.25) is 0 Å². The molecule has 0 aliphatic rings. The molecule has 0 aromatic rings. The molecule has 0 fully saturated rings. The van der Waals surface area contributed by atoms with Gasteiger partial charge in [-0.1, -0.05) is 0 Å². The van der Waals surface area contributed by atoms with Crippen LogP contribution in [-0.4, -0.2) is 23.1 Å². The minimum atomic E-state index is -2.87. The molecule has 3 nitrogen and oxygen atoms in total. The van der Waals surface area contributed by atoms with Crippen LogP contribution in [-0.2, 0) is 8.44 Å². The first kappa shape index (κ1) is 14.7. The summed E-state index contributed by atoms with van der Waals surface area (Å²) in [5, 5.41) is 0. The molecule has 0 N–H and O–H groups in total. The zero-order valence-electron chi connectivity index (χ0n) is 8.99. The van der Waals surface area contributed by atoms with Crippen molar-refractivity contribution in [1.82, 2.24) is 0 Å². The zero-order chi connectivity index (χ0) is 12.1. The summed E-state index contributed by atoms with van der Waals surface area (Å²) in [6, 6.07) is 0. The molecule has 0 rings (SSSR count). The third-order valence-corrected chi connectivity index (χ3v) is 4.51. The quantitative estimate of drug-likeness (QED) is 0.329. The maximum absolute atomic E-state index is 5.31. The van der Waals surface area contributed by atoms with E-state index in [-0.39, 0.29) is 0 Å². The fourth-order valence-corrected chi connectivity index (χ4v) is 3.05. The molecule has 0 aromatic heterocycles. The molecule has 0 aliphatic carbocycles. The van der Waals surface area contributed by atoms with Gasteiger partial charge >= 0.3 is 106 Å². The Hall–Kier alpha value is -1.28. The van der Waals surface area contributed by atoms with Gasteiger partial charge in [-0.2, -0.15) is 0 Å². The van der Waals surface area contributed by atoms with Gasteiger partial charge in [0.05, 0.1) is 0 Å². The van der Waals surface area contributed by atoms with E-state index in [0.29, 0.717) is 0 Å². The molecule has 0 bridgehead atoms. The summed E-state index contributed by atoms with van der Waals surface area (Å²) in [7, 11) is 0. The van der Waals surface area contributed by atoms with Crippen molar-refractivity contribution in [2.75, 3.05) is 0 Å². The molecule has 0 heterocycles. The minimum absolute atomic E-state index is 1.51. The first-order valence-corrected chi connectivity index (χ1v) is 8.74. The average Bonchev–Trinajstić information content (AvgIpc) is 2.29. The Labute approximate surface area is 106 Å². The Morgan fingerprint density at radius 3 is 1.19 bits per heavy atom. The third-order valence-electron chi connectivity index (χ3n) is 1.08. The van der Waals surface area contributed by atoms with Gasteiger partial charge in [0, 0.05) is 0 Å². The summed E-state index contributed by atoms with van der Waals surface area (Å²) in [6.45, 7) is 10.6. The molecule has 86 valence electrons. The second-order valence-electron chi connectivity index (χ2n) is 2.23. The number of hydrogen-bond acceptors (Lipinski definition) is 3. The van der Waals surface area contributed by atoms with Crippen LogP contribution in [0.3, 0.4) is 0 Å². The van der Waals surface area contributed by atoms with E-state index < -0.39 is 23.1 Å². The first-order valence-electron chi connectivity index (χ1n) is 4.48. The van der Waals surface area contributed by atoms with E-state index in [4.69, 9.17) is 8.44 Å². The predicted octanol–water partition coefficient (Wildman–Crippen LogP) is 3.12. The van der Waals surface area contributed by atoms with E-state index in [0.717, 1.165) is 0 Å². The summed E-state index contributed by atoms with van der Waals surface area (Å²) in [6.07, 6.45) is 14.4. The molecule has 0 saturated heterocycles. The van der Waals surface area contributed by atoms with Crippen molar-refractivity contribution in [2.24, 2.45) is 0 Å². The van der Waals surface area contributed by atoms with Crippen LogP contribution in [0.2, 0.25) is 0 Å². The van der Waals surface area contributed by atoms with Crippen molar-refractivity contribution in [3.05, 3.63) is 75.0 Å². The molecule has 0 amide bonds. The maximum atomic E-state index is 5.31. The Bertz CT molecular complexity index is 245. The Morgan fingerprint density at radius 2 is 0.938 bits per heavy atom. The van der Waals surface area contributed by atoms with Crippen molar-refractivity contribution in [2.45, 2.75) is 0 Å². The molecule has 0 aromatic carbocycles. The molecular formula is C12H15BiO3. The standard InChI is InChI=1S/3C4H6O.Bi/c3*1-2-3-4-5;/h3*2-5H,1H2;/q;;;+3/p-3. The van der Waals surface area contributed by atoms with Crippen LogP contribution in [0.5, 0.6) is 0 Å². The van der Waals surface area contributed by atoms with Crippen molar-refractivity contribution < 1.29 is 8.44 Å². The van der Waals surface area contributed by atoms with Gasteiger partial charge in [-0.25, -0.2) is 0 Å². The third kappa shape index (κ3) is 9.28. The van der Waals surface area contributed by atoms with Gasteiger partial charge in [-0.3, -0.25) is 0 Å². The van der Waals surface area contributed by atoms with E-state index in [9.17, 15) is 0 Å². The predicted molar refractivity (Wildman–Crippen MR) is 67.0 cm³/mol. The van der Waals surface area contributed by atoms with Crippen molar-refractivity contribution in [3.63, 3.8) is 0 Å². The summed E-state index contributed by atoms with van der Waals surface area (Å²) in [5.41, 5.74) is 0. The monoisotopic (exact) mass is 416 g/mol.